The highest BCUT2D eigenvalue weighted by Crippen LogP contribution is 2.43. The Labute approximate surface area is 100 Å². The molecule has 0 saturated carbocycles. The van der Waals surface area contributed by atoms with Crippen LogP contribution in [0.2, 0.25) is 16.6 Å². The summed E-state index contributed by atoms with van der Waals surface area (Å²) >= 11 is 0. The summed E-state index contributed by atoms with van der Waals surface area (Å²) in [7, 11) is -1.90. The van der Waals surface area contributed by atoms with Crippen molar-refractivity contribution in [1.82, 2.24) is 5.06 Å². The highest BCUT2D eigenvalue weighted by molar-refractivity contribution is 6.77. The third-order valence-corrected chi connectivity index (χ3v) is 9.73. The second-order valence-corrected chi connectivity index (χ2v) is 11.0. The van der Waals surface area contributed by atoms with E-state index in [1.54, 1.807) is 5.06 Å². The van der Waals surface area contributed by atoms with Gasteiger partial charge in [0.15, 0.2) is 0 Å². The van der Waals surface area contributed by atoms with Gasteiger partial charge in [0.2, 0.25) is 14.2 Å². The minimum absolute atomic E-state index is 0.152. The highest BCUT2D eigenvalue weighted by atomic mass is 28.4. The van der Waals surface area contributed by atoms with Crippen molar-refractivity contribution in [1.29, 1.82) is 0 Å². The number of amides is 1. The molecule has 4 heteroatoms. The molecule has 1 heterocycles. The molecule has 0 radical (unpaired) electrons. The summed E-state index contributed by atoms with van der Waals surface area (Å²) < 4.78 is 6.19. The zero-order valence-corrected chi connectivity index (χ0v) is 12.4. The third-order valence-electron chi connectivity index (χ3n) is 3.78. The molecular weight excluding hydrogens is 218 g/mol. The van der Waals surface area contributed by atoms with E-state index < -0.39 is 8.32 Å². The molecule has 0 aromatic rings. The van der Waals surface area contributed by atoms with Crippen molar-refractivity contribution in [2.75, 3.05) is 6.54 Å². The fraction of sp³-hybridized carbons (Fsp3) is 0.917. The normalized spacial score (nSPS) is 17.6. The smallest absolute Gasteiger partial charge is 0.247 e. The first-order valence-corrected chi connectivity index (χ1v) is 8.45. The summed E-state index contributed by atoms with van der Waals surface area (Å²) in [6.45, 7) is 14.2. The fourth-order valence-electron chi connectivity index (χ4n) is 2.90. The summed E-state index contributed by atoms with van der Waals surface area (Å²) in [5.74, 6) is 0.152. The van der Waals surface area contributed by atoms with Gasteiger partial charge in [0.1, 0.15) is 0 Å². The van der Waals surface area contributed by atoms with Gasteiger partial charge in [-0.05, 0) is 16.6 Å². The lowest BCUT2D eigenvalue weighted by Crippen LogP contribution is -2.57. The molecular formula is C12H25NO2Si. The molecule has 0 bridgehead atoms. The Morgan fingerprint density at radius 1 is 1.06 bits per heavy atom. The number of nitrogens with zero attached hydrogens (tertiary/aromatic N) is 1. The van der Waals surface area contributed by atoms with Crippen LogP contribution in [0.5, 0.6) is 0 Å². The summed E-state index contributed by atoms with van der Waals surface area (Å²) in [5, 5.41) is 1.60. The molecule has 1 amide bonds. The van der Waals surface area contributed by atoms with Crippen LogP contribution in [0.4, 0.5) is 0 Å². The Balaban J connectivity index is 2.88. The second-order valence-electron chi connectivity index (χ2n) is 5.65. The largest absolute Gasteiger partial charge is 0.316 e. The standard InChI is InChI=1S/C12H25NO2Si/c1-9(2)16(10(3)4,11(5)6)15-13-8-7-12(13)14/h9-11H,7-8H2,1-6H3. The van der Waals surface area contributed by atoms with Gasteiger partial charge in [0, 0.05) is 6.42 Å². The van der Waals surface area contributed by atoms with Crippen LogP contribution in [0.3, 0.4) is 0 Å². The summed E-state index contributed by atoms with van der Waals surface area (Å²) in [6, 6.07) is 0. The van der Waals surface area contributed by atoms with Gasteiger partial charge in [-0.1, -0.05) is 41.5 Å². The van der Waals surface area contributed by atoms with E-state index in [-0.39, 0.29) is 5.91 Å². The van der Waals surface area contributed by atoms with Gasteiger partial charge in [-0.15, -0.1) is 0 Å². The second kappa shape index (κ2) is 4.88. The van der Waals surface area contributed by atoms with Crippen LogP contribution in [0, 0.1) is 0 Å². The van der Waals surface area contributed by atoms with E-state index in [1.165, 1.54) is 0 Å². The van der Waals surface area contributed by atoms with Crippen molar-refractivity contribution < 1.29 is 9.32 Å². The molecule has 1 saturated heterocycles. The van der Waals surface area contributed by atoms with E-state index in [0.717, 1.165) is 6.54 Å². The summed E-state index contributed by atoms with van der Waals surface area (Å²) in [4.78, 5) is 11.4. The van der Waals surface area contributed by atoms with Crippen molar-refractivity contribution in [3.05, 3.63) is 0 Å². The molecule has 3 nitrogen and oxygen atoms in total. The maximum absolute atomic E-state index is 11.4. The molecule has 0 unspecified atom stereocenters. The van der Waals surface area contributed by atoms with E-state index in [9.17, 15) is 4.79 Å². The summed E-state index contributed by atoms with van der Waals surface area (Å²) in [6.07, 6.45) is 0.652. The van der Waals surface area contributed by atoms with Gasteiger partial charge < -0.3 is 4.53 Å². The Morgan fingerprint density at radius 2 is 1.50 bits per heavy atom. The molecule has 1 aliphatic heterocycles. The maximum Gasteiger partial charge on any atom is 0.247 e. The van der Waals surface area contributed by atoms with Crippen molar-refractivity contribution in [3.8, 4) is 0 Å². The average Bonchev–Trinajstić information content (AvgIpc) is 2.14. The molecule has 0 N–H and O–H groups in total. The summed E-state index contributed by atoms with van der Waals surface area (Å²) in [5.41, 5.74) is 1.59. The van der Waals surface area contributed by atoms with Gasteiger partial charge in [-0.2, -0.15) is 0 Å². The van der Waals surface area contributed by atoms with E-state index in [4.69, 9.17) is 4.53 Å². The molecule has 0 aromatic heterocycles. The predicted molar refractivity (Wildman–Crippen MR) is 68.5 cm³/mol. The van der Waals surface area contributed by atoms with Crippen molar-refractivity contribution >= 4 is 14.2 Å². The predicted octanol–water partition coefficient (Wildman–Crippen LogP) is 3.33. The van der Waals surface area contributed by atoms with Gasteiger partial charge in [-0.3, -0.25) is 4.79 Å². The lowest BCUT2D eigenvalue weighted by molar-refractivity contribution is -0.179. The van der Waals surface area contributed by atoms with Gasteiger partial charge in [0.05, 0.1) is 6.54 Å². The molecule has 0 aliphatic carbocycles. The van der Waals surface area contributed by atoms with E-state index in [1.807, 2.05) is 0 Å². The Kier molecular flexibility index (Phi) is 4.18. The third kappa shape index (κ3) is 2.18. The minimum atomic E-state index is -1.90. The molecule has 0 aromatic carbocycles. The number of hydrogen-bond donors (Lipinski definition) is 0. The molecule has 1 fully saturated rings. The van der Waals surface area contributed by atoms with Crippen LogP contribution in [0.1, 0.15) is 48.0 Å². The first-order chi connectivity index (χ1) is 7.32. The van der Waals surface area contributed by atoms with Crippen LogP contribution < -0.4 is 0 Å². The first-order valence-electron chi connectivity index (χ1n) is 6.31. The van der Waals surface area contributed by atoms with E-state index in [2.05, 4.69) is 41.5 Å². The van der Waals surface area contributed by atoms with Gasteiger partial charge in [-0.25, -0.2) is 5.06 Å². The molecule has 0 spiro atoms. The monoisotopic (exact) mass is 243 g/mol. The Hall–Kier alpha value is -0.353. The van der Waals surface area contributed by atoms with E-state index in [0.29, 0.717) is 23.0 Å². The molecule has 1 rings (SSSR count). The SMILES string of the molecule is CC(C)[Si](ON1CCC1=O)(C(C)C)C(C)C. The van der Waals surface area contributed by atoms with Gasteiger partial charge in [0.25, 0.3) is 0 Å². The number of rotatable bonds is 5. The lowest BCUT2D eigenvalue weighted by Gasteiger charge is -2.46. The molecule has 94 valence electrons. The molecule has 16 heavy (non-hydrogen) atoms. The van der Waals surface area contributed by atoms with Crippen LogP contribution in [0.25, 0.3) is 0 Å². The Bertz CT molecular complexity index is 242. The fourth-order valence-corrected chi connectivity index (χ4v) is 8.11. The van der Waals surface area contributed by atoms with Gasteiger partial charge >= 0.3 is 0 Å². The maximum atomic E-state index is 11.4. The van der Waals surface area contributed by atoms with Crippen LogP contribution in [-0.4, -0.2) is 25.8 Å². The van der Waals surface area contributed by atoms with Crippen molar-refractivity contribution in [2.24, 2.45) is 0 Å². The quantitative estimate of drug-likeness (QED) is 0.547. The average molecular weight is 243 g/mol. The zero-order chi connectivity index (χ0) is 12.5. The van der Waals surface area contributed by atoms with Crippen molar-refractivity contribution in [3.63, 3.8) is 0 Å². The highest BCUT2D eigenvalue weighted by Gasteiger charge is 2.49. The Morgan fingerprint density at radius 3 is 1.69 bits per heavy atom. The number of hydroxylamine groups is 2. The van der Waals surface area contributed by atoms with E-state index >= 15 is 0 Å². The lowest BCUT2D eigenvalue weighted by atomic mass is 10.3. The number of carbonyl (C=O) groups excluding carboxylic acids is 1. The van der Waals surface area contributed by atoms with Crippen LogP contribution in [0.15, 0.2) is 0 Å². The number of carbonyl (C=O) groups is 1. The first kappa shape index (κ1) is 13.7. The number of β-lactam (4-membered cyclic amide) rings is 1. The topological polar surface area (TPSA) is 29.5 Å². The van der Waals surface area contributed by atoms with Crippen LogP contribution >= 0.6 is 0 Å². The molecule has 1 aliphatic rings. The zero-order valence-electron chi connectivity index (χ0n) is 11.4. The van der Waals surface area contributed by atoms with Crippen molar-refractivity contribution in [2.45, 2.75) is 64.6 Å². The van der Waals surface area contributed by atoms with Crippen LogP contribution in [-0.2, 0) is 9.32 Å². The number of hydrogen-bond acceptors (Lipinski definition) is 2. The molecule has 0 atom stereocenters. The minimum Gasteiger partial charge on any atom is -0.316 e.